The van der Waals surface area contributed by atoms with Gasteiger partial charge in [0.1, 0.15) is 16.7 Å². The van der Waals surface area contributed by atoms with Crippen molar-refractivity contribution in [2.75, 3.05) is 0 Å². The van der Waals surface area contributed by atoms with Gasteiger partial charge in [-0.05, 0) is 126 Å². The first-order valence-electron chi connectivity index (χ1n) is 18.1. The number of rotatable bonds is 5. The molecular weight excluding hydrogens is 613 g/mol. The molecule has 4 saturated carbocycles. The summed E-state index contributed by atoms with van der Waals surface area (Å²) in [6.45, 7) is 0. The molecule has 0 N–H and O–H groups in total. The van der Waals surface area contributed by atoms with E-state index in [1.807, 2.05) is 12.1 Å². The first-order chi connectivity index (χ1) is 24.6. The number of pyridine rings is 1. The molecule has 12 rings (SSSR count). The molecule has 3 heterocycles. The topological polar surface area (TPSA) is 52.1 Å². The van der Waals surface area contributed by atoms with Crippen LogP contribution in [-0.2, 0) is 5.41 Å². The van der Waals surface area contributed by atoms with Gasteiger partial charge in [0.15, 0.2) is 12.0 Å². The average Bonchev–Trinajstić information content (AvgIpc) is 3.79. The largest absolute Gasteiger partial charge is 0.456 e. The summed E-state index contributed by atoms with van der Waals surface area (Å²) in [7, 11) is 0. The molecule has 4 aliphatic rings. The van der Waals surface area contributed by atoms with Crippen LogP contribution in [0.1, 0.15) is 44.1 Å². The molecule has 4 bridgehead atoms. The Hall–Kier alpha value is -5.48. The maximum atomic E-state index is 6.55. The van der Waals surface area contributed by atoms with Gasteiger partial charge in [-0.1, -0.05) is 78.9 Å². The number of para-hydroxylation sites is 1. The number of hydrogen-bond acceptors (Lipinski definition) is 4. The molecule has 0 radical (unpaired) electrons. The summed E-state index contributed by atoms with van der Waals surface area (Å²) in [6.07, 6.45) is 10.1. The summed E-state index contributed by atoms with van der Waals surface area (Å²) in [5, 5.41) is 2.20. The maximum absolute atomic E-state index is 6.55. The van der Waals surface area contributed by atoms with Gasteiger partial charge in [0.25, 0.3) is 0 Å². The van der Waals surface area contributed by atoms with Crippen LogP contribution in [0.5, 0.6) is 0 Å². The lowest BCUT2D eigenvalue weighted by Gasteiger charge is -2.57. The van der Waals surface area contributed by atoms with Crippen LogP contribution in [0, 0.1) is 17.8 Å². The van der Waals surface area contributed by atoms with Crippen molar-refractivity contribution in [1.82, 2.24) is 9.97 Å². The highest BCUT2D eigenvalue weighted by Crippen LogP contribution is 2.60. The minimum Gasteiger partial charge on any atom is -0.456 e. The SMILES string of the molecule is c1ccc(-c2cc(-c3ccc4c(c3)oc3cc(-c5cccc6ocnc56)ccc34)cc(-c3ccc(C45CC6CC(CC(C6)C4)C5)cc3)n2)cc1. The number of furan rings is 1. The van der Waals surface area contributed by atoms with E-state index in [1.165, 1.54) is 44.9 Å². The van der Waals surface area contributed by atoms with Gasteiger partial charge in [0, 0.05) is 27.5 Å². The average molecular weight is 649 g/mol. The standard InChI is InChI=1S/C46H36N2O2/c1-2-5-31(6-3-1)40-20-35(21-41(48-40)32-9-13-36(14-10-32)46-24-28-17-29(25-46)19-30(18-28)26-46)33-11-15-38-39-16-12-34(23-44(39)50-43(38)22-33)37-7-4-8-42-45(37)47-27-49-42/h1-16,20-23,27-30H,17-19,24-26H2. The number of hydrogen-bond donors (Lipinski definition) is 0. The second-order valence-electron chi connectivity index (χ2n) is 15.3. The quantitative estimate of drug-likeness (QED) is 0.186. The molecule has 50 heavy (non-hydrogen) atoms. The fourth-order valence-corrected chi connectivity index (χ4v) is 10.3. The molecule has 5 aromatic carbocycles. The molecule has 4 heteroatoms. The second kappa shape index (κ2) is 10.8. The smallest absolute Gasteiger partial charge is 0.182 e. The van der Waals surface area contributed by atoms with Crippen molar-refractivity contribution in [3.63, 3.8) is 0 Å². The van der Waals surface area contributed by atoms with E-state index >= 15 is 0 Å². The normalized spacial score (nSPS) is 22.6. The molecule has 0 saturated heterocycles. The van der Waals surface area contributed by atoms with Gasteiger partial charge in [-0.25, -0.2) is 9.97 Å². The Balaban J connectivity index is 0.985. The number of fused-ring (bicyclic) bond motifs is 4. The van der Waals surface area contributed by atoms with Gasteiger partial charge < -0.3 is 8.83 Å². The first-order valence-corrected chi connectivity index (χ1v) is 18.1. The van der Waals surface area contributed by atoms with Crippen molar-refractivity contribution in [2.24, 2.45) is 17.8 Å². The van der Waals surface area contributed by atoms with Gasteiger partial charge in [0.05, 0.1) is 11.4 Å². The highest BCUT2D eigenvalue weighted by Gasteiger charge is 2.51. The molecule has 242 valence electrons. The summed E-state index contributed by atoms with van der Waals surface area (Å²) in [5.74, 6) is 2.81. The molecular formula is C46H36N2O2. The van der Waals surface area contributed by atoms with Crippen molar-refractivity contribution < 1.29 is 8.83 Å². The van der Waals surface area contributed by atoms with Crippen LogP contribution >= 0.6 is 0 Å². The molecule has 4 aliphatic carbocycles. The predicted molar refractivity (Wildman–Crippen MR) is 201 cm³/mol. The van der Waals surface area contributed by atoms with Crippen molar-refractivity contribution in [3.8, 4) is 44.8 Å². The predicted octanol–water partition coefficient (Wildman–Crippen LogP) is 12.3. The van der Waals surface area contributed by atoms with Gasteiger partial charge >= 0.3 is 0 Å². The Morgan fingerprint density at radius 3 is 1.84 bits per heavy atom. The van der Waals surface area contributed by atoms with Crippen LogP contribution in [0.25, 0.3) is 77.8 Å². The first kappa shape index (κ1) is 28.4. The molecule has 0 atom stereocenters. The molecule has 8 aromatic rings. The summed E-state index contributed by atoms with van der Waals surface area (Å²) in [5.41, 5.74) is 13.9. The zero-order chi connectivity index (χ0) is 32.8. The van der Waals surface area contributed by atoms with Gasteiger partial charge in [-0.15, -0.1) is 0 Å². The Kier molecular flexibility index (Phi) is 6.10. The lowest BCUT2D eigenvalue weighted by Crippen LogP contribution is -2.48. The monoisotopic (exact) mass is 648 g/mol. The Morgan fingerprint density at radius 1 is 0.520 bits per heavy atom. The lowest BCUT2D eigenvalue weighted by molar-refractivity contribution is -0.00518. The Bertz CT molecular complexity index is 2540. The summed E-state index contributed by atoms with van der Waals surface area (Å²) in [4.78, 5) is 9.70. The molecule has 0 spiro atoms. The van der Waals surface area contributed by atoms with Gasteiger partial charge in [-0.2, -0.15) is 0 Å². The summed E-state index contributed by atoms with van der Waals surface area (Å²) < 4.78 is 12.1. The highest BCUT2D eigenvalue weighted by molar-refractivity contribution is 6.07. The van der Waals surface area contributed by atoms with E-state index in [1.54, 1.807) is 5.56 Å². The van der Waals surface area contributed by atoms with Crippen LogP contribution in [0.4, 0.5) is 0 Å². The Morgan fingerprint density at radius 2 is 1.14 bits per heavy atom. The molecule has 4 fully saturated rings. The van der Waals surface area contributed by atoms with Crippen molar-refractivity contribution in [2.45, 2.75) is 43.9 Å². The van der Waals surface area contributed by atoms with Crippen LogP contribution in [0.2, 0.25) is 0 Å². The van der Waals surface area contributed by atoms with Crippen molar-refractivity contribution in [3.05, 3.63) is 133 Å². The number of nitrogens with zero attached hydrogens (tertiary/aromatic N) is 2. The molecule has 3 aromatic heterocycles. The minimum absolute atomic E-state index is 0.393. The number of oxazole rings is 1. The van der Waals surface area contributed by atoms with Crippen LogP contribution in [-0.4, -0.2) is 9.97 Å². The number of aromatic nitrogens is 2. The highest BCUT2D eigenvalue weighted by atomic mass is 16.3. The fourth-order valence-electron chi connectivity index (χ4n) is 10.3. The summed E-state index contributed by atoms with van der Waals surface area (Å²) in [6, 6.07) is 43.5. The molecule has 0 amide bonds. The summed E-state index contributed by atoms with van der Waals surface area (Å²) >= 11 is 0. The fraction of sp³-hybridized carbons (Fsp3) is 0.217. The Labute approximate surface area is 290 Å². The van der Waals surface area contributed by atoms with Crippen LogP contribution in [0.15, 0.2) is 137 Å². The van der Waals surface area contributed by atoms with Crippen LogP contribution in [0.3, 0.4) is 0 Å². The van der Waals surface area contributed by atoms with Crippen molar-refractivity contribution >= 4 is 33.0 Å². The second-order valence-corrected chi connectivity index (χ2v) is 15.3. The lowest BCUT2D eigenvalue weighted by atomic mass is 9.48. The van der Waals surface area contributed by atoms with Crippen LogP contribution < -0.4 is 0 Å². The zero-order valence-corrected chi connectivity index (χ0v) is 27.8. The maximum Gasteiger partial charge on any atom is 0.182 e. The van der Waals surface area contributed by atoms with E-state index in [0.717, 1.165) is 95.6 Å². The zero-order valence-electron chi connectivity index (χ0n) is 27.8. The van der Waals surface area contributed by atoms with Crippen molar-refractivity contribution in [1.29, 1.82) is 0 Å². The molecule has 0 unspecified atom stereocenters. The van der Waals surface area contributed by atoms with E-state index in [-0.39, 0.29) is 0 Å². The van der Waals surface area contributed by atoms with E-state index in [0.29, 0.717) is 5.41 Å². The molecule has 4 nitrogen and oxygen atoms in total. The van der Waals surface area contributed by atoms with E-state index in [2.05, 4.69) is 114 Å². The van der Waals surface area contributed by atoms with E-state index in [9.17, 15) is 0 Å². The van der Waals surface area contributed by atoms with Gasteiger partial charge in [0.2, 0.25) is 0 Å². The third-order valence-corrected chi connectivity index (χ3v) is 12.2. The molecule has 0 aliphatic heterocycles. The van der Waals surface area contributed by atoms with E-state index < -0.39 is 0 Å². The third kappa shape index (κ3) is 4.51. The third-order valence-electron chi connectivity index (χ3n) is 12.2. The number of benzene rings is 5. The van der Waals surface area contributed by atoms with E-state index in [4.69, 9.17) is 13.8 Å². The minimum atomic E-state index is 0.393. The van der Waals surface area contributed by atoms with Gasteiger partial charge in [-0.3, -0.25) is 0 Å².